The summed E-state index contributed by atoms with van der Waals surface area (Å²) in [7, 11) is 0. The summed E-state index contributed by atoms with van der Waals surface area (Å²) < 4.78 is 13.0. The first kappa shape index (κ1) is 16.7. The van der Waals surface area contributed by atoms with Gasteiger partial charge in [0.2, 0.25) is 0 Å². The van der Waals surface area contributed by atoms with E-state index in [0.29, 0.717) is 18.1 Å². The van der Waals surface area contributed by atoms with Gasteiger partial charge in [0, 0.05) is 11.9 Å². The number of thioether (sulfide) groups is 1. The Balaban J connectivity index is 1.48. The Hall–Kier alpha value is -2.18. The van der Waals surface area contributed by atoms with Crippen LogP contribution in [0.15, 0.2) is 60.0 Å². The molecule has 0 aliphatic heterocycles. The van der Waals surface area contributed by atoms with Gasteiger partial charge in [-0.2, -0.15) is 0 Å². The molecule has 5 nitrogen and oxygen atoms in total. The van der Waals surface area contributed by atoms with Crippen LogP contribution < -0.4 is 9.47 Å². The van der Waals surface area contributed by atoms with E-state index in [1.807, 2.05) is 66.2 Å². The van der Waals surface area contributed by atoms with Crippen molar-refractivity contribution in [2.45, 2.75) is 18.2 Å². The van der Waals surface area contributed by atoms with Gasteiger partial charge in [0.1, 0.15) is 18.1 Å². The van der Waals surface area contributed by atoms with Crippen molar-refractivity contribution in [2.24, 2.45) is 0 Å². The molecule has 1 aromatic carbocycles. The molecule has 6 heteroatoms. The number of fused-ring (bicyclic) bond motifs is 1. The zero-order valence-electron chi connectivity index (χ0n) is 13.5. The fraction of sp³-hybridized carbons (Fsp3) is 0.278. The van der Waals surface area contributed by atoms with Crippen LogP contribution in [0.25, 0.3) is 5.52 Å². The van der Waals surface area contributed by atoms with E-state index in [1.165, 1.54) is 11.8 Å². The molecule has 0 aliphatic rings. The van der Waals surface area contributed by atoms with E-state index in [4.69, 9.17) is 9.47 Å². The highest BCUT2D eigenvalue weighted by molar-refractivity contribution is 7.99. The van der Waals surface area contributed by atoms with Gasteiger partial charge in [0.05, 0.1) is 24.4 Å². The number of hydrogen-bond donors (Lipinski definition) is 1. The Morgan fingerprint density at radius 2 is 1.88 bits per heavy atom. The molecule has 2 heterocycles. The van der Waals surface area contributed by atoms with Crippen LogP contribution in [0.3, 0.4) is 0 Å². The minimum absolute atomic E-state index is 0.240. The molecule has 0 fully saturated rings. The van der Waals surface area contributed by atoms with Gasteiger partial charge in [0.15, 0.2) is 5.16 Å². The average Bonchev–Trinajstić information content (AvgIpc) is 3.03. The van der Waals surface area contributed by atoms with Crippen molar-refractivity contribution in [1.29, 1.82) is 0 Å². The monoisotopic (exact) mass is 344 g/mol. The summed E-state index contributed by atoms with van der Waals surface area (Å²) in [6.45, 7) is 2.82. The second-order valence-corrected chi connectivity index (χ2v) is 6.20. The molecule has 1 N–H and O–H groups in total. The molecule has 0 saturated heterocycles. The van der Waals surface area contributed by atoms with Crippen molar-refractivity contribution < 1.29 is 14.6 Å². The molecule has 1 unspecified atom stereocenters. The number of ether oxygens (including phenoxy) is 2. The fourth-order valence-corrected chi connectivity index (χ4v) is 3.11. The van der Waals surface area contributed by atoms with E-state index in [9.17, 15) is 5.11 Å². The predicted molar refractivity (Wildman–Crippen MR) is 95.0 cm³/mol. The largest absolute Gasteiger partial charge is 0.494 e. The number of hydrogen-bond acceptors (Lipinski definition) is 5. The first-order chi connectivity index (χ1) is 11.8. The first-order valence-corrected chi connectivity index (χ1v) is 8.83. The fourth-order valence-electron chi connectivity index (χ4n) is 2.24. The summed E-state index contributed by atoms with van der Waals surface area (Å²) in [6, 6.07) is 13.3. The Bertz CT molecular complexity index is 773. The molecular weight excluding hydrogens is 324 g/mol. The van der Waals surface area contributed by atoms with Crippen molar-refractivity contribution in [3.05, 3.63) is 54.9 Å². The number of imidazole rings is 1. The van der Waals surface area contributed by atoms with Crippen molar-refractivity contribution in [1.82, 2.24) is 9.38 Å². The molecule has 126 valence electrons. The van der Waals surface area contributed by atoms with Gasteiger partial charge in [-0.05, 0) is 43.3 Å². The Labute approximate surface area is 145 Å². The maximum atomic E-state index is 10.1. The third-order valence-electron chi connectivity index (χ3n) is 3.39. The van der Waals surface area contributed by atoms with Crippen molar-refractivity contribution in [2.75, 3.05) is 19.0 Å². The second-order valence-electron chi connectivity index (χ2n) is 5.22. The average molecular weight is 344 g/mol. The Morgan fingerprint density at radius 3 is 2.62 bits per heavy atom. The highest BCUT2D eigenvalue weighted by Gasteiger charge is 2.10. The van der Waals surface area contributed by atoms with E-state index in [1.54, 1.807) is 0 Å². The van der Waals surface area contributed by atoms with Crippen LogP contribution >= 0.6 is 11.8 Å². The Kier molecular flexibility index (Phi) is 5.61. The molecule has 3 aromatic rings. The lowest BCUT2D eigenvalue weighted by atomic mass is 10.3. The maximum absolute atomic E-state index is 10.1. The lowest BCUT2D eigenvalue weighted by Gasteiger charge is -2.12. The molecule has 0 saturated carbocycles. The van der Waals surface area contributed by atoms with Gasteiger partial charge in [-0.25, -0.2) is 4.98 Å². The number of aromatic nitrogens is 2. The molecule has 0 radical (unpaired) electrons. The standard InChI is InChI=1S/C18H20N2O3S/c1-2-22-16-6-8-17(9-7-16)23-12-15(21)13-24-18-19-11-14-5-3-4-10-20(14)18/h3-11,15,21H,2,12-13H2,1H3. The van der Waals surface area contributed by atoms with Crippen LogP contribution in [-0.4, -0.2) is 39.6 Å². The maximum Gasteiger partial charge on any atom is 0.172 e. The topological polar surface area (TPSA) is 56.0 Å². The van der Waals surface area contributed by atoms with Gasteiger partial charge in [0.25, 0.3) is 0 Å². The number of pyridine rings is 1. The third-order valence-corrected chi connectivity index (χ3v) is 4.50. The summed E-state index contributed by atoms with van der Waals surface area (Å²) in [5.41, 5.74) is 1.04. The minimum atomic E-state index is -0.572. The molecule has 0 amide bonds. The molecule has 0 spiro atoms. The normalized spacial score (nSPS) is 12.2. The number of rotatable bonds is 8. The summed E-state index contributed by atoms with van der Waals surface area (Å²) in [5.74, 6) is 2.05. The minimum Gasteiger partial charge on any atom is -0.494 e. The highest BCUT2D eigenvalue weighted by atomic mass is 32.2. The number of aliphatic hydroxyl groups excluding tert-OH is 1. The summed E-state index contributed by atoms with van der Waals surface area (Å²) >= 11 is 1.51. The molecule has 1 atom stereocenters. The quantitative estimate of drug-likeness (QED) is 0.636. The van der Waals surface area contributed by atoms with Gasteiger partial charge in [-0.15, -0.1) is 0 Å². The molecule has 0 bridgehead atoms. The van der Waals surface area contributed by atoms with E-state index < -0.39 is 6.10 Å². The van der Waals surface area contributed by atoms with Crippen LogP contribution in [0.4, 0.5) is 0 Å². The van der Waals surface area contributed by atoms with Crippen LogP contribution in [0.2, 0.25) is 0 Å². The predicted octanol–water partition coefficient (Wildman–Crippen LogP) is 3.27. The Morgan fingerprint density at radius 1 is 1.12 bits per heavy atom. The van der Waals surface area contributed by atoms with Crippen molar-refractivity contribution in [3.8, 4) is 11.5 Å². The van der Waals surface area contributed by atoms with E-state index >= 15 is 0 Å². The van der Waals surface area contributed by atoms with Crippen molar-refractivity contribution >= 4 is 17.3 Å². The molecule has 24 heavy (non-hydrogen) atoms. The van der Waals surface area contributed by atoms with Crippen LogP contribution in [0.1, 0.15) is 6.92 Å². The second kappa shape index (κ2) is 8.08. The van der Waals surface area contributed by atoms with E-state index in [-0.39, 0.29) is 6.61 Å². The van der Waals surface area contributed by atoms with Gasteiger partial charge in [-0.1, -0.05) is 17.8 Å². The summed E-state index contributed by atoms with van der Waals surface area (Å²) in [5, 5.41) is 11.0. The molecule has 3 rings (SSSR count). The number of aliphatic hydroxyl groups is 1. The summed E-state index contributed by atoms with van der Waals surface area (Å²) in [6.07, 6.45) is 3.22. The van der Waals surface area contributed by atoms with Crippen molar-refractivity contribution in [3.63, 3.8) is 0 Å². The van der Waals surface area contributed by atoms with Crippen LogP contribution in [0, 0.1) is 0 Å². The SMILES string of the molecule is CCOc1ccc(OCC(O)CSc2ncc3ccccn23)cc1. The number of benzene rings is 1. The van der Waals surface area contributed by atoms with Gasteiger partial charge >= 0.3 is 0 Å². The first-order valence-electron chi connectivity index (χ1n) is 7.85. The zero-order valence-corrected chi connectivity index (χ0v) is 14.3. The molecule has 0 aliphatic carbocycles. The summed E-state index contributed by atoms with van der Waals surface area (Å²) in [4.78, 5) is 4.37. The molecule has 2 aromatic heterocycles. The van der Waals surface area contributed by atoms with E-state index in [2.05, 4.69) is 4.98 Å². The lowest BCUT2D eigenvalue weighted by molar-refractivity contribution is 0.126. The lowest BCUT2D eigenvalue weighted by Crippen LogP contribution is -2.20. The van der Waals surface area contributed by atoms with Crippen LogP contribution in [0.5, 0.6) is 11.5 Å². The molecular formula is C18H20N2O3S. The third kappa shape index (κ3) is 4.21. The van der Waals surface area contributed by atoms with Gasteiger partial charge in [-0.3, -0.25) is 4.40 Å². The number of nitrogens with zero attached hydrogens (tertiary/aromatic N) is 2. The van der Waals surface area contributed by atoms with Gasteiger partial charge < -0.3 is 14.6 Å². The van der Waals surface area contributed by atoms with E-state index in [0.717, 1.165) is 16.4 Å². The van der Waals surface area contributed by atoms with Crippen LogP contribution in [-0.2, 0) is 0 Å². The smallest absolute Gasteiger partial charge is 0.172 e. The zero-order chi connectivity index (χ0) is 16.8. The highest BCUT2D eigenvalue weighted by Crippen LogP contribution is 2.20.